The summed E-state index contributed by atoms with van der Waals surface area (Å²) in [6, 6.07) is 12.9. The molecule has 1 amide bonds. The summed E-state index contributed by atoms with van der Waals surface area (Å²) in [7, 11) is 0. The number of halogens is 1. The van der Waals surface area contributed by atoms with Crippen molar-refractivity contribution in [2.24, 2.45) is 0 Å². The van der Waals surface area contributed by atoms with Crippen molar-refractivity contribution in [3.63, 3.8) is 0 Å². The van der Waals surface area contributed by atoms with Crippen molar-refractivity contribution in [2.45, 2.75) is 0 Å². The number of benzene rings is 2. The van der Waals surface area contributed by atoms with Crippen LogP contribution in [0.15, 0.2) is 48.5 Å². The molecule has 0 spiro atoms. The number of carbonyl (C=O) groups is 1. The zero-order chi connectivity index (χ0) is 15.4. The molecule has 1 heterocycles. The minimum absolute atomic E-state index is 0.0424. The van der Waals surface area contributed by atoms with Gasteiger partial charge in [0.1, 0.15) is 17.3 Å². The van der Waals surface area contributed by atoms with Gasteiger partial charge in [0.05, 0.1) is 5.56 Å². The normalized spacial score (nSPS) is 14.7. The van der Waals surface area contributed by atoms with E-state index in [4.69, 9.17) is 4.74 Å². The number of carbonyl (C=O) groups excluding carboxylic acids is 1. The van der Waals surface area contributed by atoms with Gasteiger partial charge in [-0.15, -0.1) is 0 Å². The Hall–Kier alpha value is -2.40. The molecule has 2 aromatic carbocycles. The molecule has 5 heteroatoms. The van der Waals surface area contributed by atoms with E-state index in [0.717, 1.165) is 13.1 Å². The van der Waals surface area contributed by atoms with E-state index in [1.54, 1.807) is 24.3 Å². The first-order valence-corrected chi connectivity index (χ1v) is 7.26. The van der Waals surface area contributed by atoms with Crippen LogP contribution >= 0.6 is 0 Å². The van der Waals surface area contributed by atoms with Crippen LogP contribution in [-0.2, 0) is 0 Å². The molecule has 0 bridgehead atoms. The van der Waals surface area contributed by atoms with Crippen molar-refractivity contribution in [1.82, 2.24) is 10.2 Å². The van der Waals surface area contributed by atoms with Gasteiger partial charge in [-0.3, -0.25) is 4.79 Å². The average Bonchev–Trinajstić information content (AvgIpc) is 2.58. The number of hydrogen-bond acceptors (Lipinski definition) is 3. The van der Waals surface area contributed by atoms with Gasteiger partial charge in [-0.1, -0.05) is 12.1 Å². The number of nitrogens with one attached hydrogen (secondary N) is 1. The summed E-state index contributed by atoms with van der Waals surface area (Å²) in [6.07, 6.45) is 0. The first-order valence-electron chi connectivity index (χ1n) is 7.26. The molecule has 1 N–H and O–H groups in total. The Kier molecular flexibility index (Phi) is 4.34. The van der Waals surface area contributed by atoms with E-state index in [1.807, 2.05) is 17.0 Å². The molecule has 2 aromatic rings. The van der Waals surface area contributed by atoms with E-state index >= 15 is 0 Å². The monoisotopic (exact) mass is 300 g/mol. The average molecular weight is 300 g/mol. The quantitative estimate of drug-likeness (QED) is 0.947. The molecule has 0 radical (unpaired) electrons. The molecular formula is C17H17FN2O2. The summed E-state index contributed by atoms with van der Waals surface area (Å²) in [4.78, 5) is 14.4. The molecule has 1 aliphatic heterocycles. The number of hydrogen-bond donors (Lipinski definition) is 1. The lowest BCUT2D eigenvalue weighted by atomic mass is 10.1. The Morgan fingerprint density at radius 2 is 1.73 bits per heavy atom. The fraction of sp³-hybridized carbons (Fsp3) is 0.235. The SMILES string of the molecule is O=C(c1ccccc1Oc1ccc(F)cc1)N1CCNCC1. The minimum atomic E-state index is -0.322. The Bertz CT molecular complexity index is 652. The van der Waals surface area contributed by atoms with Gasteiger partial charge >= 0.3 is 0 Å². The molecular weight excluding hydrogens is 283 g/mol. The van der Waals surface area contributed by atoms with Crippen LogP contribution < -0.4 is 10.1 Å². The highest BCUT2D eigenvalue weighted by molar-refractivity contribution is 5.97. The highest BCUT2D eigenvalue weighted by Gasteiger charge is 2.21. The van der Waals surface area contributed by atoms with Crippen molar-refractivity contribution in [1.29, 1.82) is 0 Å². The second kappa shape index (κ2) is 6.58. The summed E-state index contributed by atoms with van der Waals surface area (Å²) in [5, 5.41) is 3.22. The molecule has 4 nitrogen and oxygen atoms in total. The maximum atomic E-state index is 13.0. The maximum Gasteiger partial charge on any atom is 0.257 e. The topological polar surface area (TPSA) is 41.6 Å². The van der Waals surface area contributed by atoms with Crippen molar-refractivity contribution in [3.05, 3.63) is 59.9 Å². The summed E-state index contributed by atoms with van der Waals surface area (Å²) < 4.78 is 18.7. The summed E-state index contributed by atoms with van der Waals surface area (Å²) in [5.74, 6) is 0.622. The fourth-order valence-corrected chi connectivity index (χ4v) is 2.40. The number of ether oxygens (including phenoxy) is 1. The highest BCUT2D eigenvalue weighted by Crippen LogP contribution is 2.26. The lowest BCUT2D eigenvalue weighted by Crippen LogP contribution is -2.46. The molecule has 0 aliphatic carbocycles. The first kappa shape index (κ1) is 14.5. The smallest absolute Gasteiger partial charge is 0.257 e. The molecule has 0 aromatic heterocycles. The maximum absolute atomic E-state index is 13.0. The third kappa shape index (κ3) is 3.26. The van der Waals surface area contributed by atoms with Crippen LogP contribution in [0.2, 0.25) is 0 Å². The van der Waals surface area contributed by atoms with Gasteiger partial charge in [-0.2, -0.15) is 0 Å². The second-order valence-corrected chi connectivity index (χ2v) is 5.09. The van der Waals surface area contributed by atoms with Crippen molar-refractivity contribution >= 4 is 5.91 Å². The Balaban J connectivity index is 1.82. The van der Waals surface area contributed by atoms with E-state index < -0.39 is 0 Å². The molecule has 0 saturated carbocycles. The lowest BCUT2D eigenvalue weighted by molar-refractivity contribution is 0.0733. The fourth-order valence-electron chi connectivity index (χ4n) is 2.40. The number of para-hydroxylation sites is 1. The zero-order valence-corrected chi connectivity index (χ0v) is 12.1. The third-order valence-corrected chi connectivity index (χ3v) is 3.56. The molecule has 0 atom stereocenters. The Labute approximate surface area is 128 Å². The zero-order valence-electron chi connectivity index (χ0n) is 12.1. The molecule has 3 rings (SSSR count). The Morgan fingerprint density at radius 3 is 2.45 bits per heavy atom. The number of rotatable bonds is 3. The lowest BCUT2D eigenvalue weighted by Gasteiger charge is -2.28. The van der Waals surface area contributed by atoms with E-state index in [2.05, 4.69) is 5.32 Å². The molecule has 1 saturated heterocycles. The van der Waals surface area contributed by atoms with Crippen molar-refractivity contribution in [3.8, 4) is 11.5 Å². The van der Waals surface area contributed by atoms with Crippen LogP contribution in [0, 0.1) is 5.82 Å². The third-order valence-electron chi connectivity index (χ3n) is 3.56. The van der Waals surface area contributed by atoms with Gasteiger partial charge in [-0.05, 0) is 36.4 Å². The minimum Gasteiger partial charge on any atom is -0.457 e. The predicted octanol–water partition coefficient (Wildman–Crippen LogP) is 2.66. The molecule has 0 unspecified atom stereocenters. The van der Waals surface area contributed by atoms with Gasteiger partial charge in [-0.25, -0.2) is 4.39 Å². The van der Waals surface area contributed by atoms with Crippen LogP contribution in [0.4, 0.5) is 4.39 Å². The largest absolute Gasteiger partial charge is 0.457 e. The van der Waals surface area contributed by atoms with Gasteiger partial charge in [0, 0.05) is 26.2 Å². The van der Waals surface area contributed by atoms with E-state index in [9.17, 15) is 9.18 Å². The summed E-state index contributed by atoms with van der Waals surface area (Å²) in [6.45, 7) is 2.97. The van der Waals surface area contributed by atoms with Crippen LogP contribution in [0.1, 0.15) is 10.4 Å². The Morgan fingerprint density at radius 1 is 1.05 bits per heavy atom. The van der Waals surface area contributed by atoms with Crippen LogP contribution in [-0.4, -0.2) is 37.0 Å². The van der Waals surface area contributed by atoms with Gasteiger partial charge in [0.2, 0.25) is 0 Å². The van der Waals surface area contributed by atoms with E-state index in [1.165, 1.54) is 12.1 Å². The first-order chi connectivity index (χ1) is 10.7. The molecule has 1 fully saturated rings. The summed E-state index contributed by atoms with van der Waals surface area (Å²) in [5.41, 5.74) is 0.522. The van der Waals surface area contributed by atoms with Gasteiger partial charge < -0.3 is 15.0 Å². The van der Waals surface area contributed by atoms with Crippen LogP contribution in [0.3, 0.4) is 0 Å². The van der Waals surface area contributed by atoms with Crippen LogP contribution in [0.25, 0.3) is 0 Å². The van der Waals surface area contributed by atoms with Gasteiger partial charge in [0.25, 0.3) is 5.91 Å². The van der Waals surface area contributed by atoms with Gasteiger partial charge in [0.15, 0.2) is 0 Å². The summed E-state index contributed by atoms with van der Waals surface area (Å²) >= 11 is 0. The molecule has 114 valence electrons. The van der Waals surface area contributed by atoms with E-state index in [0.29, 0.717) is 30.2 Å². The second-order valence-electron chi connectivity index (χ2n) is 5.09. The van der Waals surface area contributed by atoms with E-state index in [-0.39, 0.29) is 11.7 Å². The number of nitrogens with zero attached hydrogens (tertiary/aromatic N) is 1. The number of amides is 1. The standard InChI is InChI=1S/C17H17FN2O2/c18-13-5-7-14(8-6-13)22-16-4-2-1-3-15(16)17(21)20-11-9-19-10-12-20/h1-8,19H,9-12H2. The van der Waals surface area contributed by atoms with Crippen LogP contribution in [0.5, 0.6) is 11.5 Å². The highest BCUT2D eigenvalue weighted by atomic mass is 19.1. The van der Waals surface area contributed by atoms with Crippen molar-refractivity contribution in [2.75, 3.05) is 26.2 Å². The molecule has 22 heavy (non-hydrogen) atoms. The number of piperazine rings is 1. The molecule has 1 aliphatic rings. The van der Waals surface area contributed by atoms with Crippen molar-refractivity contribution < 1.29 is 13.9 Å². The predicted molar refractivity (Wildman–Crippen MR) is 81.7 cm³/mol.